The molecule has 118 valence electrons. The molecule has 1 saturated heterocycles. The van der Waals surface area contributed by atoms with Crippen LogP contribution in [0.2, 0.25) is 0 Å². The smallest absolute Gasteiger partial charge is 0.326 e. The van der Waals surface area contributed by atoms with Crippen molar-refractivity contribution in [2.75, 3.05) is 0 Å². The summed E-state index contributed by atoms with van der Waals surface area (Å²) >= 11 is 0. The lowest BCUT2D eigenvalue weighted by Gasteiger charge is -2.48. The van der Waals surface area contributed by atoms with Crippen LogP contribution in [0.5, 0.6) is 0 Å². The minimum atomic E-state index is -0.855. The second kappa shape index (κ2) is 5.59. The molecule has 0 radical (unpaired) electrons. The van der Waals surface area contributed by atoms with Crippen LogP contribution in [0.25, 0.3) is 0 Å². The third-order valence-electron chi connectivity index (χ3n) is 5.80. The Hall–Kier alpha value is -1.10. The van der Waals surface area contributed by atoms with Crippen LogP contribution in [0.15, 0.2) is 0 Å². The van der Waals surface area contributed by atoms with Gasteiger partial charge in [-0.15, -0.1) is 0 Å². The zero-order valence-corrected chi connectivity index (χ0v) is 12.6. The number of carbonyl (C=O) groups is 2. The molecule has 1 heterocycles. The maximum absolute atomic E-state index is 12.8. The summed E-state index contributed by atoms with van der Waals surface area (Å²) in [6.07, 6.45) is 9.12. The molecule has 0 aromatic rings. The van der Waals surface area contributed by atoms with E-state index in [1.54, 1.807) is 4.90 Å². The third kappa shape index (κ3) is 2.80. The van der Waals surface area contributed by atoms with Crippen LogP contribution in [0.3, 0.4) is 0 Å². The SMILES string of the molecule is NC1(CC(=O)N2C(C(=O)O)CCC3CCCCC32)CCC1. The highest BCUT2D eigenvalue weighted by Crippen LogP contribution is 2.40. The monoisotopic (exact) mass is 294 g/mol. The van der Waals surface area contributed by atoms with Gasteiger partial charge in [0.25, 0.3) is 0 Å². The van der Waals surface area contributed by atoms with Gasteiger partial charge in [-0.1, -0.05) is 12.8 Å². The van der Waals surface area contributed by atoms with E-state index in [9.17, 15) is 14.7 Å². The van der Waals surface area contributed by atoms with Crippen molar-refractivity contribution in [2.24, 2.45) is 11.7 Å². The number of rotatable bonds is 3. The maximum atomic E-state index is 12.8. The first-order chi connectivity index (χ1) is 10.0. The molecule has 1 aliphatic heterocycles. The Labute approximate surface area is 125 Å². The summed E-state index contributed by atoms with van der Waals surface area (Å²) in [7, 11) is 0. The van der Waals surface area contributed by atoms with E-state index in [-0.39, 0.29) is 17.5 Å². The first-order valence-electron chi connectivity index (χ1n) is 8.33. The number of carboxylic acid groups (broad SMARTS) is 1. The van der Waals surface area contributed by atoms with Crippen molar-refractivity contribution in [3.63, 3.8) is 0 Å². The summed E-state index contributed by atoms with van der Waals surface area (Å²) in [6.45, 7) is 0. The van der Waals surface area contributed by atoms with E-state index in [0.29, 0.717) is 18.8 Å². The standard InChI is InChI=1S/C16H26N2O3/c17-16(8-3-9-16)10-14(19)18-12-5-2-1-4-11(12)6-7-13(18)15(20)21/h11-13H,1-10,17H2,(H,20,21). The number of likely N-dealkylation sites (tertiary alicyclic amines) is 1. The van der Waals surface area contributed by atoms with Gasteiger partial charge in [0.15, 0.2) is 0 Å². The van der Waals surface area contributed by atoms with Gasteiger partial charge in [0.2, 0.25) is 5.91 Å². The van der Waals surface area contributed by atoms with Crippen LogP contribution in [0.1, 0.15) is 64.2 Å². The van der Waals surface area contributed by atoms with Crippen molar-refractivity contribution in [1.82, 2.24) is 4.90 Å². The Kier molecular flexibility index (Phi) is 3.95. The average Bonchev–Trinajstić information content (AvgIpc) is 2.44. The predicted molar refractivity (Wildman–Crippen MR) is 78.6 cm³/mol. The van der Waals surface area contributed by atoms with Gasteiger partial charge >= 0.3 is 5.97 Å². The number of nitrogens with two attached hydrogens (primary N) is 1. The van der Waals surface area contributed by atoms with Gasteiger partial charge in [-0.05, 0) is 50.9 Å². The molecule has 3 aliphatic rings. The van der Waals surface area contributed by atoms with Gasteiger partial charge in [0.1, 0.15) is 6.04 Å². The zero-order valence-electron chi connectivity index (χ0n) is 12.6. The molecule has 3 atom stereocenters. The second-order valence-corrected chi connectivity index (χ2v) is 7.24. The maximum Gasteiger partial charge on any atom is 0.326 e. The number of piperidine rings is 1. The first kappa shape index (κ1) is 14.8. The van der Waals surface area contributed by atoms with Crippen LogP contribution in [-0.4, -0.2) is 39.5 Å². The number of carboxylic acids is 1. The van der Waals surface area contributed by atoms with Crippen molar-refractivity contribution < 1.29 is 14.7 Å². The lowest BCUT2D eigenvalue weighted by molar-refractivity contribution is -0.159. The Morgan fingerprint density at radius 2 is 1.81 bits per heavy atom. The van der Waals surface area contributed by atoms with Gasteiger partial charge in [0, 0.05) is 18.0 Å². The van der Waals surface area contributed by atoms with Gasteiger partial charge in [-0.2, -0.15) is 0 Å². The average molecular weight is 294 g/mol. The summed E-state index contributed by atoms with van der Waals surface area (Å²) in [5.74, 6) is -0.387. The van der Waals surface area contributed by atoms with Crippen LogP contribution in [-0.2, 0) is 9.59 Å². The number of nitrogens with zero attached hydrogens (tertiary/aromatic N) is 1. The molecular weight excluding hydrogens is 268 g/mol. The normalized spacial score (nSPS) is 34.7. The molecule has 5 heteroatoms. The number of aliphatic carboxylic acids is 1. The first-order valence-corrected chi connectivity index (χ1v) is 8.33. The quantitative estimate of drug-likeness (QED) is 0.832. The minimum Gasteiger partial charge on any atom is -0.480 e. The summed E-state index contributed by atoms with van der Waals surface area (Å²) < 4.78 is 0. The van der Waals surface area contributed by atoms with E-state index >= 15 is 0 Å². The molecule has 5 nitrogen and oxygen atoms in total. The van der Waals surface area contributed by atoms with Crippen molar-refractivity contribution in [3.05, 3.63) is 0 Å². The molecular formula is C16H26N2O3. The van der Waals surface area contributed by atoms with Crippen molar-refractivity contribution in [2.45, 2.75) is 81.8 Å². The van der Waals surface area contributed by atoms with E-state index in [2.05, 4.69) is 0 Å². The fraction of sp³-hybridized carbons (Fsp3) is 0.875. The molecule has 1 amide bonds. The van der Waals surface area contributed by atoms with Gasteiger partial charge in [-0.3, -0.25) is 4.79 Å². The summed E-state index contributed by atoms with van der Waals surface area (Å²) in [5, 5.41) is 9.49. The Balaban J connectivity index is 1.78. The third-order valence-corrected chi connectivity index (χ3v) is 5.80. The molecule has 0 bridgehead atoms. The predicted octanol–water partition coefficient (Wildman–Crippen LogP) is 1.89. The molecule has 3 N–H and O–H groups in total. The van der Waals surface area contributed by atoms with Crippen LogP contribution in [0, 0.1) is 5.92 Å². The molecule has 3 rings (SSSR count). The molecule has 0 aromatic carbocycles. The minimum absolute atomic E-state index is 0.0267. The molecule has 21 heavy (non-hydrogen) atoms. The summed E-state index contributed by atoms with van der Waals surface area (Å²) in [5.41, 5.74) is 5.83. The van der Waals surface area contributed by atoms with E-state index < -0.39 is 12.0 Å². The highest BCUT2D eigenvalue weighted by molar-refractivity contribution is 5.85. The molecule has 3 unspecified atom stereocenters. The largest absolute Gasteiger partial charge is 0.480 e. The highest BCUT2D eigenvalue weighted by atomic mass is 16.4. The number of carbonyl (C=O) groups excluding carboxylic acids is 1. The number of hydrogen-bond acceptors (Lipinski definition) is 3. The topological polar surface area (TPSA) is 83.6 Å². The summed E-state index contributed by atoms with van der Waals surface area (Å²) in [6, 6.07) is -0.509. The van der Waals surface area contributed by atoms with E-state index in [4.69, 9.17) is 5.73 Å². The Morgan fingerprint density at radius 1 is 1.10 bits per heavy atom. The Bertz CT molecular complexity index is 433. The number of amides is 1. The summed E-state index contributed by atoms with van der Waals surface area (Å²) in [4.78, 5) is 26.0. The molecule has 0 aromatic heterocycles. The molecule has 0 spiro atoms. The van der Waals surface area contributed by atoms with Crippen molar-refractivity contribution >= 4 is 11.9 Å². The van der Waals surface area contributed by atoms with Gasteiger partial charge in [0.05, 0.1) is 0 Å². The second-order valence-electron chi connectivity index (χ2n) is 7.24. The van der Waals surface area contributed by atoms with Crippen LogP contribution in [0.4, 0.5) is 0 Å². The number of hydrogen-bond donors (Lipinski definition) is 2. The van der Waals surface area contributed by atoms with Crippen molar-refractivity contribution in [1.29, 1.82) is 0 Å². The van der Waals surface area contributed by atoms with E-state index in [1.165, 1.54) is 6.42 Å². The zero-order chi connectivity index (χ0) is 15.0. The van der Waals surface area contributed by atoms with Gasteiger partial charge in [-0.25, -0.2) is 4.79 Å². The molecule has 2 saturated carbocycles. The highest BCUT2D eigenvalue weighted by Gasteiger charge is 2.46. The fourth-order valence-corrected chi connectivity index (χ4v) is 4.43. The van der Waals surface area contributed by atoms with Gasteiger partial charge < -0.3 is 15.7 Å². The molecule has 2 aliphatic carbocycles. The fourth-order valence-electron chi connectivity index (χ4n) is 4.43. The Morgan fingerprint density at radius 3 is 2.43 bits per heavy atom. The van der Waals surface area contributed by atoms with E-state index in [1.807, 2.05) is 0 Å². The number of fused-ring (bicyclic) bond motifs is 1. The van der Waals surface area contributed by atoms with Crippen LogP contribution < -0.4 is 5.73 Å². The lowest BCUT2D eigenvalue weighted by Crippen LogP contribution is -2.60. The van der Waals surface area contributed by atoms with Crippen LogP contribution >= 0.6 is 0 Å². The lowest BCUT2D eigenvalue weighted by atomic mass is 9.73. The van der Waals surface area contributed by atoms with E-state index in [0.717, 1.165) is 44.9 Å². The molecule has 3 fully saturated rings. The van der Waals surface area contributed by atoms with Crippen molar-refractivity contribution in [3.8, 4) is 0 Å².